The van der Waals surface area contributed by atoms with Crippen molar-refractivity contribution < 1.29 is 18.0 Å². The van der Waals surface area contributed by atoms with Crippen LogP contribution < -0.4 is 5.32 Å². The van der Waals surface area contributed by atoms with E-state index >= 15 is 0 Å². The Labute approximate surface area is 158 Å². The predicted molar refractivity (Wildman–Crippen MR) is 93.4 cm³/mol. The fraction of sp³-hybridized carbons (Fsp3) is 0.222. The van der Waals surface area contributed by atoms with Gasteiger partial charge in [-0.05, 0) is 30.7 Å². The van der Waals surface area contributed by atoms with Gasteiger partial charge in [0, 0.05) is 13.2 Å². The molecule has 0 fully saturated rings. The first-order chi connectivity index (χ1) is 13.2. The number of benzene rings is 1. The van der Waals surface area contributed by atoms with Crippen LogP contribution in [-0.2, 0) is 19.8 Å². The monoisotopic (exact) mass is 388 g/mol. The molecule has 1 aromatic carbocycles. The zero-order valence-electron chi connectivity index (χ0n) is 14.9. The van der Waals surface area contributed by atoms with Crippen molar-refractivity contribution in [2.24, 2.45) is 7.05 Å². The number of nitriles is 1. The van der Waals surface area contributed by atoms with Gasteiger partial charge in [-0.3, -0.25) is 4.79 Å². The van der Waals surface area contributed by atoms with Gasteiger partial charge in [0.25, 0.3) is 5.91 Å². The molecule has 0 bridgehead atoms. The highest BCUT2D eigenvalue weighted by atomic mass is 19.4. The van der Waals surface area contributed by atoms with Crippen molar-refractivity contribution in [3.8, 4) is 6.07 Å². The van der Waals surface area contributed by atoms with Gasteiger partial charge in [0.05, 0.1) is 23.4 Å². The fourth-order valence-electron chi connectivity index (χ4n) is 2.62. The molecule has 0 unspecified atom stereocenters. The smallest absolute Gasteiger partial charge is 0.345 e. The number of aryl methyl sites for hydroxylation is 1. The molecule has 0 aliphatic rings. The Morgan fingerprint density at radius 3 is 2.54 bits per heavy atom. The van der Waals surface area contributed by atoms with Gasteiger partial charge in [0.1, 0.15) is 11.8 Å². The molecule has 28 heavy (non-hydrogen) atoms. The zero-order valence-corrected chi connectivity index (χ0v) is 14.9. The molecule has 10 heteroatoms. The minimum Gasteiger partial charge on any atom is -0.345 e. The van der Waals surface area contributed by atoms with E-state index in [0.717, 1.165) is 12.1 Å². The predicted octanol–water partition coefficient (Wildman–Crippen LogP) is 3.12. The van der Waals surface area contributed by atoms with E-state index in [4.69, 9.17) is 5.26 Å². The molecule has 1 N–H and O–H groups in total. The van der Waals surface area contributed by atoms with E-state index in [2.05, 4.69) is 15.6 Å². The number of carbonyl (C=O) groups is 1. The summed E-state index contributed by atoms with van der Waals surface area (Å²) < 4.78 is 40.9. The number of nitrogens with one attached hydrogen (secondary N) is 1. The molecule has 0 saturated heterocycles. The number of hydrogen-bond acceptors (Lipinski definition) is 4. The van der Waals surface area contributed by atoms with Crippen LogP contribution in [-0.4, -0.2) is 25.5 Å². The van der Waals surface area contributed by atoms with Crippen molar-refractivity contribution in [2.75, 3.05) is 5.32 Å². The van der Waals surface area contributed by atoms with Gasteiger partial charge in [-0.1, -0.05) is 17.3 Å². The summed E-state index contributed by atoms with van der Waals surface area (Å²) in [5.41, 5.74) is 1.07. The number of anilines is 1. The number of halogens is 3. The lowest BCUT2D eigenvalue weighted by atomic mass is 10.1. The lowest BCUT2D eigenvalue weighted by Gasteiger charge is -2.08. The third-order valence-corrected chi connectivity index (χ3v) is 4.19. The fourth-order valence-corrected chi connectivity index (χ4v) is 2.62. The Morgan fingerprint density at radius 1 is 1.29 bits per heavy atom. The van der Waals surface area contributed by atoms with Crippen molar-refractivity contribution in [1.82, 2.24) is 19.6 Å². The van der Waals surface area contributed by atoms with Crippen molar-refractivity contribution >= 4 is 11.7 Å². The molecule has 0 aliphatic carbocycles. The van der Waals surface area contributed by atoms with Crippen molar-refractivity contribution in [3.05, 3.63) is 64.6 Å². The lowest BCUT2D eigenvalue weighted by Crippen LogP contribution is -2.16. The van der Waals surface area contributed by atoms with Gasteiger partial charge in [0.15, 0.2) is 5.82 Å². The van der Waals surface area contributed by atoms with Gasteiger partial charge in [-0.25, -0.2) is 4.68 Å². The molecule has 2 aromatic heterocycles. The molecule has 3 aromatic rings. The summed E-state index contributed by atoms with van der Waals surface area (Å²) in [5.74, 6) is -0.217. The maximum absolute atomic E-state index is 12.6. The average Bonchev–Trinajstić information content (AvgIpc) is 3.18. The van der Waals surface area contributed by atoms with Crippen LogP contribution in [0.2, 0.25) is 0 Å². The molecule has 1 amide bonds. The first kappa shape index (κ1) is 19.2. The number of carbonyl (C=O) groups excluding carboxylic acids is 1. The minimum absolute atomic E-state index is 0.204. The molecule has 0 radical (unpaired) electrons. The summed E-state index contributed by atoms with van der Waals surface area (Å²) in [4.78, 5) is 12.4. The molecular weight excluding hydrogens is 373 g/mol. The number of hydrogen-bond donors (Lipinski definition) is 1. The maximum atomic E-state index is 12.6. The third-order valence-electron chi connectivity index (χ3n) is 4.19. The van der Waals surface area contributed by atoms with Crippen molar-refractivity contribution in [3.63, 3.8) is 0 Å². The number of amides is 1. The highest BCUT2D eigenvalue weighted by Crippen LogP contribution is 2.29. The van der Waals surface area contributed by atoms with Gasteiger partial charge in [0.2, 0.25) is 0 Å². The number of nitrogens with zero attached hydrogens (tertiary/aromatic N) is 5. The molecule has 0 spiro atoms. The molecule has 2 heterocycles. The summed E-state index contributed by atoms with van der Waals surface area (Å²) in [7, 11) is 1.64. The molecule has 3 rings (SSSR count). The van der Waals surface area contributed by atoms with E-state index in [1.54, 1.807) is 14.0 Å². The van der Waals surface area contributed by atoms with E-state index in [0.29, 0.717) is 16.8 Å². The second kappa shape index (κ2) is 7.19. The Balaban J connectivity index is 1.74. The SMILES string of the molecule is Cc1c(NC(=O)c2cc(C#N)cn2C)nnn1Cc1ccc(C(F)(F)F)cc1. The Kier molecular flexibility index (Phi) is 4.92. The quantitative estimate of drug-likeness (QED) is 0.744. The second-order valence-electron chi connectivity index (χ2n) is 6.17. The van der Waals surface area contributed by atoms with Crippen LogP contribution in [0.15, 0.2) is 36.5 Å². The second-order valence-corrected chi connectivity index (χ2v) is 6.17. The van der Waals surface area contributed by atoms with Crippen LogP contribution in [0.25, 0.3) is 0 Å². The average molecular weight is 388 g/mol. The minimum atomic E-state index is -4.39. The van der Waals surface area contributed by atoms with E-state index < -0.39 is 17.6 Å². The van der Waals surface area contributed by atoms with Gasteiger partial charge in [-0.2, -0.15) is 18.4 Å². The zero-order chi connectivity index (χ0) is 20.5. The lowest BCUT2D eigenvalue weighted by molar-refractivity contribution is -0.137. The van der Waals surface area contributed by atoms with Gasteiger partial charge >= 0.3 is 6.18 Å². The van der Waals surface area contributed by atoms with Crippen LogP contribution in [0.3, 0.4) is 0 Å². The van der Waals surface area contributed by atoms with Crippen molar-refractivity contribution in [1.29, 1.82) is 5.26 Å². The molecular formula is C18H15F3N6O. The van der Waals surface area contributed by atoms with Crippen LogP contribution in [0, 0.1) is 18.3 Å². The van der Waals surface area contributed by atoms with Crippen LogP contribution in [0.4, 0.5) is 19.0 Å². The highest BCUT2D eigenvalue weighted by Gasteiger charge is 2.30. The van der Waals surface area contributed by atoms with Crippen LogP contribution in [0.1, 0.15) is 32.9 Å². The summed E-state index contributed by atoms with van der Waals surface area (Å²) in [6, 6.07) is 8.17. The largest absolute Gasteiger partial charge is 0.416 e. The molecule has 0 aliphatic heterocycles. The number of rotatable bonds is 4. The normalized spacial score (nSPS) is 11.3. The van der Waals surface area contributed by atoms with Crippen molar-refractivity contribution in [2.45, 2.75) is 19.6 Å². The van der Waals surface area contributed by atoms with Gasteiger partial charge < -0.3 is 9.88 Å². The third kappa shape index (κ3) is 3.88. The summed E-state index contributed by atoms with van der Waals surface area (Å²) >= 11 is 0. The Morgan fingerprint density at radius 2 is 1.96 bits per heavy atom. The summed E-state index contributed by atoms with van der Waals surface area (Å²) in [5, 5.41) is 19.4. The first-order valence-corrected chi connectivity index (χ1v) is 8.13. The number of alkyl halides is 3. The summed E-state index contributed by atoms with van der Waals surface area (Å²) in [6.07, 6.45) is -2.86. The Hall–Kier alpha value is -3.61. The maximum Gasteiger partial charge on any atom is 0.416 e. The molecule has 144 valence electrons. The van der Waals surface area contributed by atoms with Crippen LogP contribution in [0.5, 0.6) is 0 Å². The van der Waals surface area contributed by atoms with E-state index in [9.17, 15) is 18.0 Å². The van der Waals surface area contributed by atoms with Crippen LogP contribution >= 0.6 is 0 Å². The van der Waals surface area contributed by atoms with E-state index in [1.807, 2.05) is 6.07 Å². The standard InChI is InChI=1S/C18H15F3N6O/c1-11-16(23-17(28)15-7-13(8-22)9-26(15)2)24-25-27(11)10-12-3-5-14(6-4-12)18(19,20)21/h3-7,9H,10H2,1-2H3,(H,23,28). The topological polar surface area (TPSA) is 88.5 Å². The van der Waals surface area contributed by atoms with E-state index in [1.165, 1.54) is 33.6 Å². The van der Waals surface area contributed by atoms with E-state index in [-0.39, 0.29) is 18.1 Å². The first-order valence-electron chi connectivity index (χ1n) is 8.13. The highest BCUT2D eigenvalue weighted by molar-refractivity contribution is 6.03. The molecule has 0 atom stereocenters. The Bertz CT molecular complexity index is 1060. The molecule has 0 saturated carbocycles. The number of aromatic nitrogens is 4. The molecule has 7 nitrogen and oxygen atoms in total. The van der Waals surface area contributed by atoms with Gasteiger partial charge in [-0.15, -0.1) is 5.10 Å². The summed E-state index contributed by atoms with van der Waals surface area (Å²) in [6.45, 7) is 1.89.